The van der Waals surface area contributed by atoms with Crippen LogP contribution in [0, 0.1) is 11.3 Å². The van der Waals surface area contributed by atoms with Gasteiger partial charge in [-0.3, -0.25) is 4.90 Å². The maximum Gasteiger partial charge on any atom is 0.101 e. The Morgan fingerprint density at radius 2 is 1.95 bits per heavy atom. The van der Waals surface area contributed by atoms with E-state index >= 15 is 0 Å². The third-order valence-corrected chi connectivity index (χ3v) is 4.50. The molecule has 19 heavy (non-hydrogen) atoms. The van der Waals surface area contributed by atoms with Gasteiger partial charge in [-0.1, -0.05) is 15.9 Å². The van der Waals surface area contributed by atoms with Crippen molar-refractivity contribution in [2.45, 2.75) is 6.04 Å². The minimum absolute atomic E-state index is 0.725. The van der Waals surface area contributed by atoms with E-state index in [-0.39, 0.29) is 0 Å². The number of hydrogen-bond donors (Lipinski definition) is 1. The van der Waals surface area contributed by atoms with Gasteiger partial charge in [0.05, 0.1) is 11.3 Å². The van der Waals surface area contributed by atoms with Gasteiger partial charge in [-0.05, 0) is 18.2 Å². The number of benzene rings is 1. The average molecular weight is 321 g/mol. The van der Waals surface area contributed by atoms with Crippen molar-refractivity contribution < 1.29 is 0 Å². The Kier molecular flexibility index (Phi) is 3.74. The summed E-state index contributed by atoms with van der Waals surface area (Å²) >= 11 is 3.42. The van der Waals surface area contributed by atoms with Crippen molar-refractivity contribution in [3.8, 4) is 6.07 Å². The quantitative estimate of drug-likeness (QED) is 0.894. The normalized spacial score (nSPS) is 20.9. The monoisotopic (exact) mass is 320 g/mol. The fourth-order valence-corrected chi connectivity index (χ4v) is 3.09. The van der Waals surface area contributed by atoms with E-state index in [4.69, 9.17) is 0 Å². The highest BCUT2D eigenvalue weighted by Crippen LogP contribution is 2.25. The molecule has 0 spiro atoms. The van der Waals surface area contributed by atoms with Crippen LogP contribution in [-0.2, 0) is 0 Å². The van der Waals surface area contributed by atoms with Gasteiger partial charge in [-0.15, -0.1) is 0 Å². The molecule has 2 saturated heterocycles. The Bertz CT molecular complexity index is 499. The first-order chi connectivity index (χ1) is 9.28. The van der Waals surface area contributed by atoms with Crippen molar-refractivity contribution in [3.63, 3.8) is 0 Å². The van der Waals surface area contributed by atoms with Crippen LogP contribution < -0.4 is 10.2 Å². The van der Waals surface area contributed by atoms with Crippen molar-refractivity contribution in [3.05, 3.63) is 28.2 Å². The summed E-state index contributed by atoms with van der Waals surface area (Å²) in [6.07, 6.45) is 0. The lowest BCUT2D eigenvalue weighted by Gasteiger charge is -2.44. The highest BCUT2D eigenvalue weighted by atomic mass is 79.9. The molecule has 4 nitrogen and oxygen atoms in total. The molecule has 2 aliphatic rings. The molecule has 0 atom stereocenters. The first-order valence-corrected chi connectivity index (χ1v) is 7.46. The molecule has 100 valence electrons. The van der Waals surface area contributed by atoms with Gasteiger partial charge in [0.2, 0.25) is 0 Å². The maximum absolute atomic E-state index is 9.24. The number of nitriles is 1. The molecule has 0 aromatic heterocycles. The number of halogens is 1. The summed E-state index contributed by atoms with van der Waals surface area (Å²) in [5, 5.41) is 12.6. The Morgan fingerprint density at radius 1 is 1.21 bits per heavy atom. The third-order valence-electron chi connectivity index (χ3n) is 4.01. The van der Waals surface area contributed by atoms with Crippen LogP contribution in [0.1, 0.15) is 5.56 Å². The zero-order valence-corrected chi connectivity index (χ0v) is 12.4. The van der Waals surface area contributed by atoms with Crippen LogP contribution in [0.4, 0.5) is 5.69 Å². The van der Waals surface area contributed by atoms with E-state index in [1.165, 1.54) is 0 Å². The van der Waals surface area contributed by atoms with Crippen molar-refractivity contribution in [2.75, 3.05) is 44.2 Å². The van der Waals surface area contributed by atoms with Gasteiger partial charge in [-0.25, -0.2) is 0 Å². The Hall–Kier alpha value is -1.09. The molecular formula is C14H17BrN4. The maximum atomic E-state index is 9.24. The summed E-state index contributed by atoms with van der Waals surface area (Å²) in [5.41, 5.74) is 1.82. The van der Waals surface area contributed by atoms with E-state index in [1.807, 2.05) is 18.2 Å². The fourth-order valence-electron chi connectivity index (χ4n) is 2.73. The minimum Gasteiger partial charge on any atom is -0.368 e. The lowest BCUT2D eigenvalue weighted by atomic mass is 10.1. The second-order valence-electron chi connectivity index (χ2n) is 5.11. The molecule has 1 N–H and O–H groups in total. The molecular weight excluding hydrogens is 304 g/mol. The summed E-state index contributed by atoms with van der Waals surface area (Å²) in [4.78, 5) is 4.88. The zero-order valence-electron chi connectivity index (χ0n) is 10.8. The van der Waals surface area contributed by atoms with Crippen LogP contribution in [0.2, 0.25) is 0 Å². The topological polar surface area (TPSA) is 42.3 Å². The highest BCUT2D eigenvalue weighted by molar-refractivity contribution is 9.10. The first kappa shape index (κ1) is 12.9. The second-order valence-corrected chi connectivity index (χ2v) is 6.02. The van der Waals surface area contributed by atoms with Crippen LogP contribution in [0.25, 0.3) is 0 Å². The molecule has 0 radical (unpaired) electrons. The SMILES string of the molecule is N#Cc1cc(Br)ccc1N1CCN(C2CNC2)CC1. The van der Waals surface area contributed by atoms with E-state index in [0.29, 0.717) is 0 Å². The van der Waals surface area contributed by atoms with Gasteiger partial charge >= 0.3 is 0 Å². The number of nitrogens with one attached hydrogen (secondary N) is 1. The van der Waals surface area contributed by atoms with Crippen LogP contribution in [0.5, 0.6) is 0 Å². The first-order valence-electron chi connectivity index (χ1n) is 6.67. The second kappa shape index (κ2) is 5.49. The lowest BCUT2D eigenvalue weighted by Crippen LogP contribution is -2.61. The Labute approximate surface area is 122 Å². The minimum atomic E-state index is 0.725. The zero-order chi connectivity index (χ0) is 13.2. The van der Waals surface area contributed by atoms with Crippen molar-refractivity contribution in [2.24, 2.45) is 0 Å². The van der Waals surface area contributed by atoms with E-state index in [1.54, 1.807) is 0 Å². The Morgan fingerprint density at radius 3 is 2.53 bits per heavy atom. The summed E-state index contributed by atoms with van der Waals surface area (Å²) in [5.74, 6) is 0. The molecule has 0 aliphatic carbocycles. The standard InChI is InChI=1S/C14H17BrN4/c15-12-1-2-14(11(7-12)8-16)19-5-3-18(4-6-19)13-9-17-10-13/h1-2,7,13,17H,3-6,9-10H2. The van der Waals surface area contributed by atoms with E-state index in [0.717, 1.165) is 61.0 Å². The van der Waals surface area contributed by atoms with Gasteiger partial charge in [0, 0.05) is 49.8 Å². The van der Waals surface area contributed by atoms with Crippen LogP contribution in [-0.4, -0.2) is 50.2 Å². The summed E-state index contributed by atoms with van der Waals surface area (Å²) in [6, 6.07) is 8.98. The number of piperazine rings is 1. The van der Waals surface area contributed by atoms with Gasteiger partial charge in [0.15, 0.2) is 0 Å². The molecule has 5 heteroatoms. The van der Waals surface area contributed by atoms with E-state index < -0.39 is 0 Å². The smallest absolute Gasteiger partial charge is 0.101 e. The molecule has 0 bridgehead atoms. The average Bonchev–Trinajstić information content (AvgIpc) is 2.38. The number of nitrogens with zero attached hydrogens (tertiary/aromatic N) is 3. The van der Waals surface area contributed by atoms with Crippen LogP contribution in [0.15, 0.2) is 22.7 Å². The van der Waals surface area contributed by atoms with Gasteiger partial charge < -0.3 is 10.2 Å². The molecule has 0 amide bonds. The predicted molar refractivity (Wildman–Crippen MR) is 79.3 cm³/mol. The van der Waals surface area contributed by atoms with E-state index in [2.05, 4.69) is 37.1 Å². The van der Waals surface area contributed by atoms with Crippen molar-refractivity contribution >= 4 is 21.6 Å². The molecule has 0 saturated carbocycles. The third kappa shape index (κ3) is 2.62. The van der Waals surface area contributed by atoms with Crippen molar-refractivity contribution in [1.29, 1.82) is 5.26 Å². The number of rotatable bonds is 2. The molecule has 1 aromatic rings. The lowest BCUT2D eigenvalue weighted by molar-refractivity contribution is 0.138. The summed E-state index contributed by atoms with van der Waals surface area (Å²) in [6.45, 7) is 6.45. The molecule has 2 heterocycles. The van der Waals surface area contributed by atoms with Crippen LogP contribution in [0.3, 0.4) is 0 Å². The molecule has 3 rings (SSSR count). The number of hydrogen-bond acceptors (Lipinski definition) is 4. The van der Waals surface area contributed by atoms with Crippen LogP contribution >= 0.6 is 15.9 Å². The van der Waals surface area contributed by atoms with Gasteiger partial charge in [0.25, 0.3) is 0 Å². The molecule has 2 fully saturated rings. The largest absolute Gasteiger partial charge is 0.368 e. The van der Waals surface area contributed by atoms with Gasteiger partial charge in [0.1, 0.15) is 6.07 Å². The fraction of sp³-hybridized carbons (Fsp3) is 0.500. The highest BCUT2D eigenvalue weighted by Gasteiger charge is 2.28. The molecule has 0 unspecified atom stereocenters. The summed E-state index contributed by atoms with van der Waals surface area (Å²) in [7, 11) is 0. The molecule has 1 aromatic carbocycles. The van der Waals surface area contributed by atoms with Crippen molar-refractivity contribution in [1.82, 2.24) is 10.2 Å². The van der Waals surface area contributed by atoms with E-state index in [9.17, 15) is 5.26 Å². The Balaban J connectivity index is 1.69. The number of anilines is 1. The predicted octanol–water partition coefficient (Wildman–Crippen LogP) is 1.41. The molecule has 2 aliphatic heterocycles. The van der Waals surface area contributed by atoms with Gasteiger partial charge in [-0.2, -0.15) is 5.26 Å². The summed E-state index contributed by atoms with van der Waals surface area (Å²) < 4.78 is 0.965.